The van der Waals surface area contributed by atoms with Crippen LogP contribution in [0.15, 0.2) is 54.3 Å². The van der Waals surface area contributed by atoms with Gasteiger partial charge in [0.15, 0.2) is 11.5 Å². The highest BCUT2D eigenvalue weighted by atomic mass is 35.5. The molecule has 0 bridgehead atoms. The van der Waals surface area contributed by atoms with Crippen LogP contribution >= 0.6 is 23.2 Å². The Morgan fingerprint density at radius 2 is 1.97 bits per heavy atom. The van der Waals surface area contributed by atoms with Crippen LogP contribution in [0.25, 0.3) is 0 Å². The summed E-state index contributed by atoms with van der Waals surface area (Å²) >= 11 is 11.9. The second-order valence-electron chi connectivity index (χ2n) is 5.40. The number of nitrogen functional groups attached to an aromatic ring is 1. The molecule has 158 valence electrons. The molecule has 0 fully saturated rings. The van der Waals surface area contributed by atoms with Crippen LogP contribution in [0.2, 0.25) is 10.0 Å². The van der Waals surface area contributed by atoms with Gasteiger partial charge >= 0.3 is 12.2 Å². The second kappa shape index (κ2) is 9.57. The number of hydrogen-bond donors (Lipinski definition) is 3. The number of amides is 3. The van der Waals surface area contributed by atoms with Gasteiger partial charge in [0.05, 0.1) is 16.3 Å². The van der Waals surface area contributed by atoms with Crippen LogP contribution in [0.4, 0.5) is 29.5 Å². The van der Waals surface area contributed by atoms with Gasteiger partial charge < -0.3 is 5.32 Å². The van der Waals surface area contributed by atoms with Gasteiger partial charge in [-0.3, -0.25) is 10.2 Å². The molecule has 0 aliphatic heterocycles. The third kappa shape index (κ3) is 5.47. The summed E-state index contributed by atoms with van der Waals surface area (Å²) in [5.74, 6) is 3.92. The van der Waals surface area contributed by atoms with Crippen molar-refractivity contribution in [1.82, 2.24) is 10.4 Å². The Hall–Kier alpha value is -3.15. The molecular formula is C17H13Cl2F3N6O2. The summed E-state index contributed by atoms with van der Waals surface area (Å²) < 4.78 is 39.5. The fraction of sp³-hybridized carbons (Fsp3) is 0.0588. The van der Waals surface area contributed by atoms with Gasteiger partial charge in [0.2, 0.25) is 0 Å². The highest BCUT2D eigenvalue weighted by Gasteiger charge is 2.36. The zero-order valence-electron chi connectivity index (χ0n) is 14.9. The molecule has 1 aromatic carbocycles. The van der Waals surface area contributed by atoms with Crippen molar-refractivity contribution >= 4 is 52.4 Å². The number of benzene rings is 1. The van der Waals surface area contributed by atoms with Crippen LogP contribution in [0, 0.1) is 0 Å². The van der Waals surface area contributed by atoms with E-state index in [4.69, 9.17) is 29.0 Å². The number of nitrogens with zero attached hydrogens (tertiary/aromatic N) is 3. The molecule has 0 unspecified atom stereocenters. The van der Waals surface area contributed by atoms with Crippen molar-refractivity contribution in [3.05, 3.63) is 64.8 Å². The van der Waals surface area contributed by atoms with Crippen molar-refractivity contribution in [2.45, 2.75) is 6.18 Å². The Kier molecular flexibility index (Phi) is 7.38. The van der Waals surface area contributed by atoms with Crippen molar-refractivity contribution in [3.63, 3.8) is 0 Å². The molecule has 0 saturated heterocycles. The van der Waals surface area contributed by atoms with Crippen molar-refractivity contribution in [1.29, 1.82) is 0 Å². The van der Waals surface area contributed by atoms with E-state index in [0.717, 1.165) is 0 Å². The van der Waals surface area contributed by atoms with Gasteiger partial charge in [-0.2, -0.15) is 23.3 Å². The third-order valence-electron chi connectivity index (χ3n) is 3.42. The highest BCUT2D eigenvalue weighted by Crippen LogP contribution is 2.27. The molecule has 30 heavy (non-hydrogen) atoms. The van der Waals surface area contributed by atoms with Crippen molar-refractivity contribution in [2.24, 2.45) is 10.9 Å². The van der Waals surface area contributed by atoms with Crippen LogP contribution in [-0.2, 0) is 0 Å². The first-order chi connectivity index (χ1) is 14.1. The quantitative estimate of drug-likeness (QED) is 0.269. The van der Waals surface area contributed by atoms with E-state index in [0.29, 0.717) is 6.08 Å². The van der Waals surface area contributed by atoms with Gasteiger partial charge in [-0.15, -0.1) is 0 Å². The second-order valence-corrected chi connectivity index (χ2v) is 6.24. The lowest BCUT2D eigenvalue weighted by Gasteiger charge is -2.20. The number of carbonyl (C=O) groups is 2. The van der Waals surface area contributed by atoms with Gasteiger partial charge in [0, 0.05) is 11.2 Å². The van der Waals surface area contributed by atoms with E-state index in [1.807, 2.05) is 5.43 Å². The first-order valence-corrected chi connectivity index (χ1v) is 8.64. The number of rotatable bonds is 5. The molecule has 2 aromatic rings. The van der Waals surface area contributed by atoms with Crippen LogP contribution < -0.4 is 21.6 Å². The Morgan fingerprint density at radius 1 is 1.27 bits per heavy atom. The van der Waals surface area contributed by atoms with Crippen LogP contribution in [0.1, 0.15) is 10.4 Å². The zero-order valence-corrected chi connectivity index (χ0v) is 16.4. The smallest absolute Gasteiger partial charge is 0.305 e. The zero-order chi connectivity index (χ0) is 22.5. The third-order valence-corrected chi connectivity index (χ3v) is 3.95. The Morgan fingerprint density at radius 3 is 2.53 bits per heavy atom. The van der Waals surface area contributed by atoms with E-state index in [2.05, 4.69) is 22.0 Å². The van der Waals surface area contributed by atoms with Gasteiger partial charge in [0.1, 0.15) is 0 Å². The molecular weight excluding hydrogens is 448 g/mol. The maximum atomic E-state index is 13.2. The molecule has 3 amide bonds. The number of carbonyl (C=O) groups excluding carboxylic acids is 2. The first-order valence-electron chi connectivity index (χ1n) is 7.88. The van der Waals surface area contributed by atoms with E-state index in [1.165, 1.54) is 36.5 Å². The van der Waals surface area contributed by atoms with Gasteiger partial charge in [-0.25, -0.2) is 15.6 Å². The number of pyridine rings is 1. The number of anilines is 2. The average molecular weight is 461 g/mol. The summed E-state index contributed by atoms with van der Waals surface area (Å²) in [7, 11) is 0. The Labute approximate surface area is 178 Å². The van der Waals surface area contributed by atoms with Gasteiger partial charge in [0.25, 0.3) is 5.91 Å². The monoisotopic (exact) mass is 460 g/mol. The van der Waals surface area contributed by atoms with Gasteiger partial charge in [-0.05, 0) is 36.4 Å². The predicted octanol–water partition coefficient (Wildman–Crippen LogP) is 4.13. The van der Waals surface area contributed by atoms with Crippen LogP contribution in [0.5, 0.6) is 0 Å². The topological polar surface area (TPSA) is 113 Å². The lowest BCUT2D eigenvalue weighted by Crippen LogP contribution is -2.36. The van der Waals surface area contributed by atoms with E-state index in [9.17, 15) is 22.8 Å². The minimum Gasteiger partial charge on any atom is -0.305 e. The molecule has 0 spiro atoms. The number of hydrazine groups is 1. The summed E-state index contributed by atoms with van der Waals surface area (Å²) in [6.45, 7) is 3.05. The normalized spacial score (nSPS) is 11.6. The van der Waals surface area contributed by atoms with Crippen molar-refractivity contribution in [3.8, 4) is 0 Å². The molecule has 2 rings (SSSR count). The number of nitrogens with one attached hydrogen (secondary N) is 2. The average Bonchev–Trinajstić information content (AvgIpc) is 2.68. The summed E-state index contributed by atoms with van der Waals surface area (Å²) in [6.07, 6.45) is -3.29. The van der Waals surface area contributed by atoms with Crippen LogP contribution in [-0.4, -0.2) is 28.8 Å². The number of allylic oxidation sites excluding steroid dienone is 1. The molecule has 0 aliphatic rings. The summed E-state index contributed by atoms with van der Waals surface area (Å²) in [5, 5.41) is 5.81. The molecule has 0 aliphatic carbocycles. The molecule has 8 nitrogen and oxygen atoms in total. The molecule has 1 aromatic heterocycles. The largest absolute Gasteiger partial charge is 0.435 e. The van der Waals surface area contributed by atoms with Crippen molar-refractivity contribution < 1.29 is 22.8 Å². The fourth-order valence-electron chi connectivity index (χ4n) is 2.11. The van der Waals surface area contributed by atoms with Gasteiger partial charge in [-0.1, -0.05) is 29.8 Å². The number of hydrazone groups is 1. The Bertz CT molecular complexity index is 1010. The highest BCUT2D eigenvalue weighted by molar-refractivity contribution is 6.33. The summed E-state index contributed by atoms with van der Waals surface area (Å²) in [5.41, 5.74) is 0.145. The maximum Gasteiger partial charge on any atom is 0.435 e. The summed E-state index contributed by atoms with van der Waals surface area (Å²) in [4.78, 5) is 28.5. The molecule has 13 heteroatoms. The van der Waals surface area contributed by atoms with E-state index in [-0.39, 0.29) is 26.3 Å². The standard InChI is InChI=1S/C17H13Cl2F3N6O2/c1-2-13(17(20,21)22)27-28(14-11(19)4-3-7-24-14)16(30)25-12-8-9(18)5-6-10(12)15(29)26-23/h2-8H,1,23H2,(H,25,30)(H,26,29)/b27-13+. The molecule has 4 N–H and O–H groups in total. The molecule has 0 saturated carbocycles. The Balaban J connectivity index is 2.56. The lowest BCUT2D eigenvalue weighted by molar-refractivity contribution is -0.0578. The molecule has 0 radical (unpaired) electrons. The molecule has 0 atom stereocenters. The number of urea groups is 1. The van der Waals surface area contributed by atoms with E-state index >= 15 is 0 Å². The van der Waals surface area contributed by atoms with Crippen LogP contribution in [0.3, 0.4) is 0 Å². The number of nitrogens with two attached hydrogens (primary N) is 1. The van der Waals surface area contributed by atoms with E-state index in [1.54, 1.807) is 0 Å². The maximum absolute atomic E-state index is 13.2. The minimum atomic E-state index is -4.91. The van der Waals surface area contributed by atoms with Crippen molar-refractivity contribution in [2.75, 3.05) is 10.3 Å². The number of aromatic nitrogens is 1. The number of alkyl halides is 3. The predicted molar refractivity (Wildman–Crippen MR) is 108 cm³/mol. The fourth-order valence-corrected chi connectivity index (χ4v) is 2.48. The first kappa shape index (κ1) is 23.1. The molecule has 1 heterocycles. The minimum absolute atomic E-state index is 0.105. The van der Waals surface area contributed by atoms with E-state index < -0.39 is 29.6 Å². The SMILES string of the molecule is C=C/C(=N\N(C(=O)Nc1cc(Cl)ccc1C(=O)NN)c1ncccc1Cl)C(F)(F)F. The number of halogens is 5. The lowest BCUT2D eigenvalue weighted by atomic mass is 10.1. The number of hydrogen-bond acceptors (Lipinski definition) is 5. The summed E-state index contributed by atoms with van der Waals surface area (Å²) in [6, 6.07) is 5.30.